The van der Waals surface area contributed by atoms with Gasteiger partial charge in [0, 0.05) is 69.6 Å². The molecule has 208 valence electrons. The van der Waals surface area contributed by atoms with Crippen LogP contribution < -0.4 is 4.90 Å². The summed E-state index contributed by atoms with van der Waals surface area (Å²) in [6, 6.07) is 9.86. The standard InChI is InChI=1S/C30H39FN6O2/c1-24(2)22-34-14-6-16-35(29(38)9-4-17-36-18-5-13-33-36)23-26-20-27(31)10-11-28(26)37(19-7-15-34)30(39)25-8-3-12-32-21-25/h3,5,8,10-13,18,20-21,24H,4,6-7,9,14-17,19,22-23H2,1-2H3. The van der Waals surface area contributed by atoms with Gasteiger partial charge in [0.2, 0.25) is 5.91 Å². The number of anilines is 1. The van der Waals surface area contributed by atoms with Gasteiger partial charge in [-0.15, -0.1) is 0 Å². The van der Waals surface area contributed by atoms with Crippen LogP contribution in [-0.4, -0.2) is 69.1 Å². The van der Waals surface area contributed by atoms with Crippen molar-refractivity contribution in [2.75, 3.05) is 37.6 Å². The van der Waals surface area contributed by atoms with E-state index in [0.29, 0.717) is 55.2 Å². The van der Waals surface area contributed by atoms with Crippen molar-refractivity contribution in [2.45, 2.75) is 52.6 Å². The van der Waals surface area contributed by atoms with E-state index in [1.807, 2.05) is 21.8 Å². The van der Waals surface area contributed by atoms with Crippen LogP contribution in [-0.2, 0) is 17.9 Å². The van der Waals surface area contributed by atoms with E-state index in [1.54, 1.807) is 41.7 Å². The number of pyridine rings is 1. The van der Waals surface area contributed by atoms with Gasteiger partial charge in [-0.3, -0.25) is 19.3 Å². The van der Waals surface area contributed by atoms with Crippen molar-refractivity contribution >= 4 is 17.5 Å². The second kappa shape index (κ2) is 14.0. The Morgan fingerprint density at radius 3 is 2.56 bits per heavy atom. The molecule has 0 saturated carbocycles. The van der Waals surface area contributed by atoms with Crippen molar-refractivity contribution in [3.05, 3.63) is 78.1 Å². The Kier molecular flexibility index (Phi) is 10.2. The van der Waals surface area contributed by atoms with Crippen molar-refractivity contribution in [2.24, 2.45) is 5.92 Å². The molecule has 0 fully saturated rings. The van der Waals surface area contributed by atoms with Gasteiger partial charge in [0.1, 0.15) is 5.82 Å². The lowest BCUT2D eigenvalue weighted by atomic mass is 10.1. The van der Waals surface area contributed by atoms with Crippen LogP contribution in [0.3, 0.4) is 0 Å². The fourth-order valence-corrected chi connectivity index (χ4v) is 5.15. The van der Waals surface area contributed by atoms with Crippen LogP contribution in [0.25, 0.3) is 0 Å². The molecule has 8 nitrogen and oxygen atoms in total. The number of rotatable bonds is 7. The van der Waals surface area contributed by atoms with Crippen molar-refractivity contribution < 1.29 is 14.0 Å². The van der Waals surface area contributed by atoms with E-state index in [9.17, 15) is 14.0 Å². The monoisotopic (exact) mass is 534 g/mol. The second-order valence-corrected chi connectivity index (χ2v) is 10.6. The first-order chi connectivity index (χ1) is 18.9. The zero-order valence-electron chi connectivity index (χ0n) is 23.0. The van der Waals surface area contributed by atoms with Gasteiger partial charge in [-0.2, -0.15) is 5.10 Å². The lowest BCUT2D eigenvalue weighted by Gasteiger charge is -2.32. The molecular weight excluding hydrogens is 495 g/mol. The van der Waals surface area contributed by atoms with Gasteiger partial charge in [0.05, 0.1) is 5.56 Å². The number of hydrogen-bond acceptors (Lipinski definition) is 5. The summed E-state index contributed by atoms with van der Waals surface area (Å²) in [6.45, 7) is 9.02. The molecule has 2 amide bonds. The van der Waals surface area contributed by atoms with Gasteiger partial charge < -0.3 is 14.7 Å². The number of nitrogens with zero attached hydrogens (tertiary/aromatic N) is 6. The highest BCUT2D eigenvalue weighted by Gasteiger charge is 2.24. The number of carbonyl (C=O) groups is 2. The lowest BCUT2D eigenvalue weighted by Crippen LogP contribution is -2.39. The van der Waals surface area contributed by atoms with Gasteiger partial charge in [0.25, 0.3) is 5.91 Å². The molecule has 1 aliphatic heterocycles. The molecule has 4 rings (SSSR count). The van der Waals surface area contributed by atoms with Crippen LogP contribution in [0.15, 0.2) is 61.2 Å². The van der Waals surface area contributed by atoms with Crippen LogP contribution in [0.1, 0.15) is 55.5 Å². The topological polar surface area (TPSA) is 74.6 Å². The smallest absolute Gasteiger partial charge is 0.259 e. The molecule has 3 aromatic rings. The first kappa shape index (κ1) is 28.4. The maximum Gasteiger partial charge on any atom is 0.259 e. The minimum absolute atomic E-state index is 0.0231. The summed E-state index contributed by atoms with van der Waals surface area (Å²) in [7, 11) is 0. The Labute approximate surface area is 230 Å². The lowest BCUT2D eigenvalue weighted by molar-refractivity contribution is -0.132. The number of fused-ring (bicyclic) bond motifs is 1. The van der Waals surface area contributed by atoms with E-state index in [2.05, 4.69) is 28.8 Å². The summed E-state index contributed by atoms with van der Waals surface area (Å²) in [5.41, 5.74) is 1.74. The Balaban J connectivity index is 1.62. The van der Waals surface area contributed by atoms with Crippen LogP contribution in [0.4, 0.5) is 10.1 Å². The van der Waals surface area contributed by atoms with Gasteiger partial charge in [-0.05, 0) is 80.2 Å². The number of halogens is 1. The Bertz CT molecular complexity index is 1200. The summed E-state index contributed by atoms with van der Waals surface area (Å²) >= 11 is 0. The normalized spacial score (nSPS) is 15.5. The van der Waals surface area contributed by atoms with E-state index in [0.717, 1.165) is 32.5 Å². The molecule has 0 saturated heterocycles. The fourth-order valence-electron chi connectivity index (χ4n) is 5.15. The molecule has 1 aliphatic rings. The molecule has 0 aliphatic carbocycles. The summed E-state index contributed by atoms with van der Waals surface area (Å²) in [6.07, 6.45) is 9.46. The Morgan fingerprint density at radius 2 is 1.85 bits per heavy atom. The predicted octanol–water partition coefficient (Wildman–Crippen LogP) is 4.62. The third-order valence-electron chi connectivity index (χ3n) is 6.92. The third kappa shape index (κ3) is 8.20. The van der Waals surface area contributed by atoms with Crippen molar-refractivity contribution in [3.63, 3.8) is 0 Å². The van der Waals surface area contributed by atoms with Crippen LogP contribution in [0.5, 0.6) is 0 Å². The number of aromatic nitrogens is 3. The largest absolute Gasteiger partial charge is 0.338 e. The minimum Gasteiger partial charge on any atom is -0.338 e. The van der Waals surface area contributed by atoms with E-state index < -0.39 is 0 Å². The van der Waals surface area contributed by atoms with Crippen LogP contribution in [0.2, 0.25) is 0 Å². The van der Waals surface area contributed by atoms with Crippen molar-refractivity contribution in [3.8, 4) is 0 Å². The summed E-state index contributed by atoms with van der Waals surface area (Å²) < 4.78 is 16.4. The molecule has 1 aromatic carbocycles. The molecule has 0 unspecified atom stereocenters. The number of aryl methyl sites for hydroxylation is 1. The van der Waals surface area contributed by atoms with E-state index in [-0.39, 0.29) is 24.2 Å². The van der Waals surface area contributed by atoms with E-state index in [1.165, 1.54) is 12.1 Å². The third-order valence-corrected chi connectivity index (χ3v) is 6.92. The van der Waals surface area contributed by atoms with Gasteiger partial charge in [0.15, 0.2) is 0 Å². The fraction of sp³-hybridized carbons (Fsp3) is 0.467. The maximum atomic E-state index is 14.5. The van der Waals surface area contributed by atoms with Crippen LogP contribution >= 0.6 is 0 Å². The Morgan fingerprint density at radius 1 is 1.03 bits per heavy atom. The average molecular weight is 535 g/mol. The summed E-state index contributed by atoms with van der Waals surface area (Å²) in [5, 5.41) is 4.22. The van der Waals surface area contributed by atoms with Gasteiger partial charge in [-0.25, -0.2) is 4.39 Å². The van der Waals surface area contributed by atoms with E-state index in [4.69, 9.17) is 0 Å². The molecule has 2 aromatic heterocycles. The van der Waals surface area contributed by atoms with Crippen LogP contribution in [0, 0.1) is 11.7 Å². The minimum atomic E-state index is -0.385. The quantitative estimate of drug-likeness (QED) is 0.442. The number of carbonyl (C=O) groups excluding carboxylic acids is 2. The molecule has 0 N–H and O–H groups in total. The van der Waals surface area contributed by atoms with Gasteiger partial charge >= 0.3 is 0 Å². The van der Waals surface area contributed by atoms with Gasteiger partial charge in [-0.1, -0.05) is 13.8 Å². The maximum absolute atomic E-state index is 14.5. The number of amides is 2. The van der Waals surface area contributed by atoms with Crippen molar-refractivity contribution in [1.29, 1.82) is 0 Å². The molecule has 9 heteroatoms. The molecule has 39 heavy (non-hydrogen) atoms. The zero-order chi connectivity index (χ0) is 27.6. The summed E-state index contributed by atoms with van der Waals surface area (Å²) in [4.78, 5) is 37.2. The first-order valence-electron chi connectivity index (χ1n) is 13.9. The molecule has 0 spiro atoms. The SMILES string of the molecule is CC(C)CN1CCCN(C(=O)CCCn2cccn2)Cc2cc(F)ccc2N(C(=O)c2cccnc2)CCC1. The second-order valence-electron chi connectivity index (χ2n) is 10.6. The molecular formula is C30H39FN6O2. The van der Waals surface area contributed by atoms with Crippen molar-refractivity contribution in [1.82, 2.24) is 24.6 Å². The highest BCUT2D eigenvalue weighted by Crippen LogP contribution is 2.27. The highest BCUT2D eigenvalue weighted by molar-refractivity contribution is 6.06. The Hall–Kier alpha value is -3.59. The first-order valence-corrected chi connectivity index (χ1v) is 13.9. The molecule has 0 radical (unpaired) electrons. The molecule has 0 bridgehead atoms. The zero-order valence-corrected chi connectivity index (χ0v) is 23.0. The average Bonchev–Trinajstić information content (AvgIpc) is 3.43. The molecule has 0 atom stereocenters. The highest BCUT2D eigenvalue weighted by atomic mass is 19.1. The van der Waals surface area contributed by atoms with E-state index >= 15 is 0 Å². The summed E-state index contributed by atoms with van der Waals surface area (Å²) in [5.74, 6) is -0.0333. The molecule has 3 heterocycles. The predicted molar refractivity (Wildman–Crippen MR) is 150 cm³/mol. The number of hydrogen-bond donors (Lipinski definition) is 0. The number of benzene rings is 1.